The van der Waals surface area contributed by atoms with Gasteiger partial charge < -0.3 is 10.6 Å². The maximum atomic E-state index is 13.4. The van der Waals surface area contributed by atoms with Gasteiger partial charge in [-0.1, -0.05) is 52.3 Å². The number of hydrogen-bond donors (Lipinski definition) is 2. The highest BCUT2D eigenvalue weighted by molar-refractivity contribution is 9.10. The molecule has 9 heteroatoms. The Hall–Kier alpha value is -3.43. The van der Waals surface area contributed by atoms with Crippen LogP contribution in [0.15, 0.2) is 101 Å². The number of carbonyl (C=O) groups excluding carboxylic acids is 2. The lowest BCUT2D eigenvalue weighted by Gasteiger charge is -2.24. The number of carbonyl (C=O) groups is 2. The number of nitrogens with zero attached hydrogens (tertiary/aromatic N) is 1. The van der Waals surface area contributed by atoms with Gasteiger partial charge in [0.05, 0.1) is 21.8 Å². The zero-order chi connectivity index (χ0) is 23.8. The zero-order valence-corrected chi connectivity index (χ0v) is 20.0. The highest BCUT2D eigenvalue weighted by atomic mass is 79.9. The van der Waals surface area contributed by atoms with Crippen molar-refractivity contribution in [1.82, 2.24) is 5.32 Å². The van der Waals surface area contributed by atoms with Crippen LogP contribution in [0.25, 0.3) is 0 Å². The quantitative estimate of drug-likeness (QED) is 0.407. The molecule has 0 radical (unpaired) electrons. The normalized spacial score (nSPS) is 10.8. The maximum Gasteiger partial charge on any atom is 0.264 e. The molecule has 3 aromatic rings. The van der Waals surface area contributed by atoms with E-state index >= 15 is 0 Å². The number of rotatable bonds is 9. The van der Waals surface area contributed by atoms with Gasteiger partial charge in [-0.25, -0.2) is 8.42 Å². The van der Waals surface area contributed by atoms with Crippen LogP contribution in [0.5, 0.6) is 0 Å². The van der Waals surface area contributed by atoms with Crippen LogP contribution in [0.1, 0.15) is 10.4 Å². The summed E-state index contributed by atoms with van der Waals surface area (Å²) in [4.78, 5) is 25.4. The number of amides is 2. The van der Waals surface area contributed by atoms with Crippen LogP contribution in [-0.4, -0.2) is 33.3 Å². The van der Waals surface area contributed by atoms with Gasteiger partial charge in [-0.05, 0) is 48.5 Å². The van der Waals surface area contributed by atoms with E-state index in [4.69, 9.17) is 0 Å². The first-order valence-electron chi connectivity index (χ1n) is 9.94. The molecule has 0 bridgehead atoms. The molecule has 2 amide bonds. The van der Waals surface area contributed by atoms with E-state index in [1.54, 1.807) is 72.8 Å². The molecule has 0 fully saturated rings. The highest BCUT2D eigenvalue weighted by Crippen LogP contribution is 2.25. The van der Waals surface area contributed by atoms with Crippen molar-refractivity contribution in [1.29, 1.82) is 0 Å². The molecule has 3 rings (SSSR count). The summed E-state index contributed by atoms with van der Waals surface area (Å²) in [5.74, 6) is -0.978. The van der Waals surface area contributed by atoms with Crippen LogP contribution in [-0.2, 0) is 14.8 Å². The fourth-order valence-electron chi connectivity index (χ4n) is 3.01. The second-order valence-corrected chi connectivity index (χ2v) is 9.67. The van der Waals surface area contributed by atoms with Crippen molar-refractivity contribution in [3.63, 3.8) is 0 Å². The number of halogens is 1. The molecule has 0 aliphatic heterocycles. The summed E-state index contributed by atoms with van der Waals surface area (Å²) in [6.45, 7) is 3.35. The van der Waals surface area contributed by atoms with E-state index in [0.717, 1.165) is 8.78 Å². The minimum atomic E-state index is -4.03. The Balaban J connectivity index is 1.90. The number of anilines is 2. The van der Waals surface area contributed by atoms with Gasteiger partial charge in [-0.2, -0.15) is 0 Å². The van der Waals surface area contributed by atoms with E-state index in [0.29, 0.717) is 5.69 Å². The van der Waals surface area contributed by atoms with E-state index in [1.165, 1.54) is 12.1 Å². The predicted octanol–water partition coefficient (Wildman–Crippen LogP) is 4.20. The van der Waals surface area contributed by atoms with E-state index in [9.17, 15) is 18.0 Å². The smallest absolute Gasteiger partial charge is 0.264 e. The molecule has 170 valence electrons. The van der Waals surface area contributed by atoms with E-state index < -0.39 is 22.5 Å². The fourth-order valence-corrected chi connectivity index (χ4v) is 4.72. The summed E-state index contributed by atoms with van der Waals surface area (Å²) in [6, 6.07) is 21.0. The molecule has 0 saturated carbocycles. The number of hydrogen-bond acceptors (Lipinski definition) is 4. The Bertz CT molecular complexity index is 1250. The Morgan fingerprint density at radius 2 is 1.58 bits per heavy atom. The van der Waals surface area contributed by atoms with Gasteiger partial charge in [-0.15, -0.1) is 6.58 Å². The number of benzene rings is 3. The minimum Gasteiger partial charge on any atom is -0.349 e. The highest BCUT2D eigenvalue weighted by Gasteiger charge is 2.27. The standard InChI is InChI=1S/C24H22BrN3O4S/c1-2-16-26-24(30)21-10-6-7-11-22(21)27-23(29)17-28(19-14-12-18(25)13-15-19)33(31,32)20-8-4-3-5-9-20/h2-15H,1,16-17H2,(H,26,30)(H,27,29). The summed E-state index contributed by atoms with van der Waals surface area (Å²) < 4.78 is 28.5. The zero-order valence-electron chi connectivity index (χ0n) is 17.6. The molecule has 0 saturated heterocycles. The largest absolute Gasteiger partial charge is 0.349 e. The number of nitrogens with one attached hydrogen (secondary N) is 2. The Kier molecular flexibility index (Phi) is 8.02. The van der Waals surface area contributed by atoms with E-state index in [2.05, 4.69) is 33.1 Å². The topological polar surface area (TPSA) is 95.6 Å². The monoisotopic (exact) mass is 527 g/mol. The molecule has 0 spiro atoms. The van der Waals surface area contributed by atoms with E-state index in [-0.39, 0.29) is 28.6 Å². The van der Waals surface area contributed by atoms with Gasteiger partial charge in [0.25, 0.3) is 15.9 Å². The summed E-state index contributed by atoms with van der Waals surface area (Å²) >= 11 is 3.33. The van der Waals surface area contributed by atoms with Crippen molar-refractivity contribution < 1.29 is 18.0 Å². The predicted molar refractivity (Wildman–Crippen MR) is 133 cm³/mol. The van der Waals surface area contributed by atoms with Crippen LogP contribution >= 0.6 is 15.9 Å². The molecule has 7 nitrogen and oxygen atoms in total. The first-order chi connectivity index (χ1) is 15.8. The molecule has 0 unspecified atom stereocenters. The molecule has 0 atom stereocenters. The van der Waals surface area contributed by atoms with Gasteiger partial charge >= 0.3 is 0 Å². The molecule has 2 N–H and O–H groups in total. The Morgan fingerprint density at radius 1 is 0.939 bits per heavy atom. The van der Waals surface area contributed by atoms with Crippen molar-refractivity contribution in [2.45, 2.75) is 4.90 Å². The number of sulfonamides is 1. The fraction of sp³-hybridized carbons (Fsp3) is 0.0833. The second kappa shape index (κ2) is 10.9. The van der Waals surface area contributed by atoms with Gasteiger partial charge in [0, 0.05) is 11.0 Å². The molecular formula is C24H22BrN3O4S. The molecule has 0 aromatic heterocycles. The molecule has 3 aromatic carbocycles. The molecule has 0 heterocycles. The summed E-state index contributed by atoms with van der Waals surface area (Å²) in [5, 5.41) is 5.32. The maximum absolute atomic E-state index is 13.4. The van der Waals surface area contributed by atoms with Crippen LogP contribution in [0, 0.1) is 0 Å². The first-order valence-corrected chi connectivity index (χ1v) is 12.2. The van der Waals surface area contributed by atoms with Gasteiger partial charge in [0.2, 0.25) is 5.91 Å². The minimum absolute atomic E-state index is 0.0601. The SMILES string of the molecule is C=CCNC(=O)c1ccccc1NC(=O)CN(c1ccc(Br)cc1)S(=O)(=O)c1ccccc1. The van der Waals surface area contributed by atoms with Gasteiger partial charge in [0.1, 0.15) is 6.54 Å². The van der Waals surface area contributed by atoms with Gasteiger partial charge in [-0.3, -0.25) is 13.9 Å². The second-order valence-electron chi connectivity index (χ2n) is 6.89. The van der Waals surface area contributed by atoms with Crippen molar-refractivity contribution >= 4 is 49.1 Å². The summed E-state index contributed by atoms with van der Waals surface area (Å²) in [5.41, 5.74) is 0.861. The molecule has 0 aliphatic rings. The molecule has 0 aliphatic carbocycles. The third-order valence-electron chi connectivity index (χ3n) is 4.59. The molecular weight excluding hydrogens is 506 g/mol. The lowest BCUT2D eigenvalue weighted by Crippen LogP contribution is -2.38. The Morgan fingerprint density at radius 3 is 2.24 bits per heavy atom. The summed E-state index contributed by atoms with van der Waals surface area (Å²) in [6.07, 6.45) is 1.55. The van der Waals surface area contributed by atoms with Crippen LogP contribution in [0.4, 0.5) is 11.4 Å². The number of para-hydroxylation sites is 1. The Labute approximate surface area is 201 Å². The van der Waals surface area contributed by atoms with E-state index in [1.807, 2.05) is 0 Å². The van der Waals surface area contributed by atoms with Crippen LogP contribution < -0.4 is 14.9 Å². The third-order valence-corrected chi connectivity index (χ3v) is 6.90. The van der Waals surface area contributed by atoms with Gasteiger partial charge in [0.15, 0.2) is 0 Å². The average Bonchev–Trinajstić information content (AvgIpc) is 2.82. The average molecular weight is 528 g/mol. The molecule has 33 heavy (non-hydrogen) atoms. The third kappa shape index (κ3) is 6.09. The van der Waals surface area contributed by atoms with Crippen molar-refractivity contribution in [2.75, 3.05) is 22.7 Å². The van der Waals surface area contributed by atoms with Crippen molar-refractivity contribution in [2.24, 2.45) is 0 Å². The summed E-state index contributed by atoms with van der Waals surface area (Å²) in [7, 11) is -4.03. The first kappa shape index (κ1) is 24.2. The van der Waals surface area contributed by atoms with Crippen LogP contribution in [0.2, 0.25) is 0 Å². The van der Waals surface area contributed by atoms with Crippen LogP contribution in [0.3, 0.4) is 0 Å². The van der Waals surface area contributed by atoms with Crippen molar-refractivity contribution in [3.05, 3.63) is 102 Å². The lowest BCUT2D eigenvalue weighted by molar-refractivity contribution is -0.114. The van der Waals surface area contributed by atoms with Crippen molar-refractivity contribution in [3.8, 4) is 0 Å². The lowest BCUT2D eigenvalue weighted by atomic mass is 10.1.